The van der Waals surface area contributed by atoms with Gasteiger partial charge in [0.05, 0.1) is 18.3 Å². The average Bonchev–Trinajstić information content (AvgIpc) is 3.41. The number of benzene rings is 1. The number of hydrogen-bond donors (Lipinski definition) is 4. The monoisotopic (exact) mass is 686 g/mol. The molecule has 0 saturated heterocycles. The summed E-state index contributed by atoms with van der Waals surface area (Å²) in [5.74, 6) is -0.577. The number of aliphatic hydroxyl groups excluding tert-OH is 1. The normalized spacial score (nSPS) is 32.9. The van der Waals surface area contributed by atoms with E-state index in [2.05, 4.69) is 26.1 Å². The Labute approximate surface area is 290 Å². The Kier molecular flexibility index (Phi) is 12.8. The zero-order valence-corrected chi connectivity index (χ0v) is 30.4. The first-order chi connectivity index (χ1) is 22.7. The van der Waals surface area contributed by atoms with Crippen molar-refractivity contribution >= 4 is 35.3 Å². The number of rotatable bonds is 14. The fourth-order valence-electron chi connectivity index (χ4n) is 9.19. The summed E-state index contributed by atoms with van der Waals surface area (Å²) < 4.78 is 6.48. The smallest absolute Gasteiger partial charge is 0.316 e. The minimum Gasteiger partial charge on any atom is -0.461 e. The fourth-order valence-corrected chi connectivity index (χ4v) is 9.88. The number of ether oxygens (including phenoxy) is 1. The van der Waals surface area contributed by atoms with E-state index in [1.807, 2.05) is 31.2 Å². The predicted molar refractivity (Wildman–Crippen MR) is 188 cm³/mol. The Bertz CT molecular complexity index is 1310. The lowest BCUT2D eigenvalue weighted by atomic mass is 9.44. The summed E-state index contributed by atoms with van der Waals surface area (Å²) >= 11 is 1.37. The second kappa shape index (κ2) is 16.0. The molecule has 11 heteroatoms. The largest absolute Gasteiger partial charge is 0.461 e. The number of ketones is 1. The average molecular weight is 687 g/mol. The van der Waals surface area contributed by atoms with Gasteiger partial charge < -0.3 is 31.5 Å². The number of Topliss-reactive ketones (excluding diaryl/α,β-unsaturated/α-hetero) is 1. The number of nitrogens with two attached hydrogens (primary N) is 2. The maximum Gasteiger partial charge on any atom is 0.316 e. The van der Waals surface area contributed by atoms with E-state index < -0.39 is 23.0 Å². The second-order valence-corrected chi connectivity index (χ2v) is 16.2. The lowest BCUT2D eigenvalue weighted by molar-refractivity contribution is -0.212. The molecular weight excluding hydrogens is 628 g/mol. The molecule has 10 nitrogen and oxygen atoms in total. The molecule has 0 aromatic heterocycles. The molecule has 268 valence electrons. The highest BCUT2D eigenvalue weighted by Crippen LogP contribution is 2.68. The van der Waals surface area contributed by atoms with Crippen LogP contribution in [0.15, 0.2) is 29.2 Å². The summed E-state index contributed by atoms with van der Waals surface area (Å²) in [5.41, 5.74) is 10.4. The van der Waals surface area contributed by atoms with Crippen molar-refractivity contribution < 1.29 is 29.0 Å². The third kappa shape index (κ3) is 7.95. The lowest BCUT2D eigenvalue weighted by Gasteiger charge is -2.62. The molecule has 6 N–H and O–H groups in total. The van der Waals surface area contributed by atoms with Gasteiger partial charge in [0.1, 0.15) is 11.9 Å². The Balaban J connectivity index is 1.57. The maximum absolute atomic E-state index is 13.8. The van der Waals surface area contributed by atoms with Crippen molar-refractivity contribution in [2.75, 3.05) is 38.5 Å². The van der Waals surface area contributed by atoms with Gasteiger partial charge in [-0.15, -0.1) is 11.8 Å². The molecule has 1 aromatic rings. The van der Waals surface area contributed by atoms with Crippen molar-refractivity contribution in [3.05, 3.63) is 29.8 Å². The van der Waals surface area contributed by atoms with Crippen molar-refractivity contribution in [2.45, 2.75) is 103 Å². The zero-order valence-electron chi connectivity index (χ0n) is 29.6. The van der Waals surface area contributed by atoms with E-state index in [-0.39, 0.29) is 58.9 Å². The molecule has 4 rings (SSSR count). The van der Waals surface area contributed by atoms with Crippen molar-refractivity contribution in [3.8, 4) is 0 Å². The van der Waals surface area contributed by atoms with Crippen LogP contribution in [-0.2, 0) is 30.3 Å². The molecule has 1 aromatic carbocycles. The van der Waals surface area contributed by atoms with E-state index in [1.165, 1.54) is 11.8 Å². The summed E-state index contributed by atoms with van der Waals surface area (Å²) in [6.07, 6.45) is 3.50. The minimum absolute atomic E-state index is 0.0563. The van der Waals surface area contributed by atoms with Crippen LogP contribution in [0.25, 0.3) is 0 Å². The van der Waals surface area contributed by atoms with Crippen LogP contribution < -0.4 is 16.8 Å². The van der Waals surface area contributed by atoms with E-state index in [0.717, 1.165) is 36.1 Å². The number of aliphatic hydroxyl groups is 1. The highest BCUT2D eigenvalue weighted by Gasteiger charge is 2.68. The van der Waals surface area contributed by atoms with Crippen molar-refractivity contribution in [2.24, 2.45) is 45.5 Å². The van der Waals surface area contributed by atoms with Gasteiger partial charge >= 0.3 is 5.97 Å². The highest BCUT2D eigenvalue weighted by molar-refractivity contribution is 8.00. The molecule has 3 aliphatic rings. The number of esters is 1. The number of carbonyl (C=O) groups excluding carboxylic acids is 4. The van der Waals surface area contributed by atoms with Gasteiger partial charge in [-0.25, -0.2) is 0 Å². The molecular formula is C37H58N4O6S. The molecule has 48 heavy (non-hydrogen) atoms. The Morgan fingerprint density at radius 2 is 1.77 bits per heavy atom. The van der Waals surface area contributed by atoms with Crippen LogP contribution in [0.1, 0.15) is 85.1 Å². The molecule has 2 bridgehead atoms. The van der Waals surface area contributed by atoms with Crippen molar-refractivity contribution in [1.29, 1.82) is 0 Å². The van der Waals surface area contributed by atoms with Gasteiger partial charge in [0.2, 0.25) is 11.8 Å². The molecule has 2 amide bonds. The van der Waals surface area contributed by atoms with Crippen molar-refractivity contribution in [1.82, 2.24) is 10.2 Å². The van der Waals surface area contributed by atoms with E-state index in [1.54, 1.807) is 11.8 Å². The molecule has 0 aliphatic heterocycles. The maximum atomic E-state index is 13.8. The number of nitrogens with one attached hydrogen (secondary N) is 1. The number of amides is 2. The van der Waals surface area contributed by atoms with Crippen molar-refractivity contribution in [3.63, 3.8) is 0 Å². The van der Waals surface area contributed by atoms with Crippen LogP contribution in [0.2, 0.25) is 0 Å². The summed E-state index contributed by atoms with van der Waals surface area (Å²) in [5, 5.41) is 15.1. The summed E-state index contributed by atoms with van der Waals surface area (Å²) in [4.78, 5) is 55.1. The first kappa shape index (κ1) is 38.3. The second-order valence-electron chi connectivity index (χ2n) is 15.2. The Hall–Kier alpha value is -2.47. The molecule has 0 radical (unpaired) electrons. The third-order valence-electron chi connectivity index (χ3n) is 12.2. The Morgan fingerprint density at radius 3 is 2.42 bits per heavy atom. The standard InChI is InChI=1S/C37H58N4O6S/c1-24-12-14-37-15-13-29(43)33(37)36(24,5)30(21-35(4,34(46)25(37)2)23-41(26(3)42)19-7-17-39)47-32(45)22-48-28-10-8-27(9-11-28)20-31(44)40-18-6-16-38/h8-11,24-25,30,33-34,46H,6-7,12-23,38-39H2,1-5H3,(H,40,44)/t24-,25+,30-,33+,34+,35-,36+,37+/m1/s1. The molecule has 3 fully saturated rings. The number of thioether (sulfide) groups is 1. The molecule has 0 unspecified atom stereocenters. The number of carbonyl (C=O) groups is 4. The minimum atomic E-state index is -0.805. The summed E-state index contributed by atoms with van der Waals surface area (Å²) in [6, 6.07) is 7.58. The van der Waals surface area contributed by atoms with Crippen LogP contribution in [0, 0.1) is 34.0 Å². The van der Waals surface area contributed by atoms with Crippen LogP contribution in [0.4, 0.5) is 0 Å². The lowest BCUT2D eigenvalue weighted by Crippen LogP contribution is -2.64. The quantitative estimate of drug-likeness (QED) is 0.130. The number of nitrogens with zero attached hydrogens (tertiary/aromatic N) is 1. The molecule has 3 aliphatic carbocycles. The van der Waals surface area contributed by atoms with E-state index >= 15 is 0 Å². The van der Waals surface area contributed by atoms with Crippen LogP contribution in [0.5, 0.6) is 0 Å². The Morgan fingerprint density at radius 1 is 1.08 bits per heavy atom. The molecule has 0 heterocycles. The zero-order chi connectivity index (χ0) is 35.3. The molecule has 0 spiro atoms. The van der Waals surface area contributed by atoms with E-state index in [4.69, 9.17) is 16.2 Å². The summed E-state index contributed by atoms with van der Waals surface area (Å²) in [6.45, 7) is 12.3. The number of hydrogen-bond acceptors (Lipinski definition) is 9. The van der Waals surface area contributed by atoms with Gasteiger partial charge in [0.25, 0.3) is 0 Å². The van der Waals surface area contributed by atoms with Gasteiger partial charge in [-0.05, 0) is 86.6 Å². The van der Waals surface area contributed by atoms with Gasteiger partial charge in [0, 0.05) is 54.6 Å². The van der Waals surface area contributed by atoms with Crippen LogP contribution >= 0.6 is 11.8 Å². The molecule has 8 atom stereocenters. The first-order valence-electron chi connectivity index (χ1n) is 17.8. The highest BCUT2D eigenvalue weighted by atomic mass is 32.2. The molecule has 3 saturated carbocycles. The third-order valence-corrected chi connectivity index (χ3v) is 13.1. The fraction of sp³-hybridized carbons (Fsp3) is 0.730. The first-order valence-corrected chi connectivity index (χ1v) is 18.7. The van der Waals surface area contributed by atoms with Gasteiger partial charge in [-0.2, -0.15) is 0 Å². The van der Waals surface area contributed by atoms with Gasteiger partial charge in [-0.3, -0.25) is 19.2 Å². The summed E-state index contributed by atoms with van der Waals surface area (Å²) in [7, 11) is 0. The SMILES string of the molecule is CC(=O)N(CCCN)C[C@@]1(C)C[C@@H](OC(=O)CSc2ccc(CC(=O)NCCCN)cc2)[C@]2(C)[C@H](C)CC[C@]3(CCC(=O)[C@H]32)[C@@H](C)[C@@H]1O. The van der Waals surface area contributed by atoms with E-state index in [0.29, 0.717) is 52.0 Å². The topological polar surface area (TPSA) is 165 Å². The predicted octanol–water partition coefficient (Wildman–Crippen LogP) is 3.70. The van der Waals surface area contributed by atoms with E-state index in [9.17, 15) is 24.3 Å². The van der Waals surface area contributed by atoms with Crippen LogP contribution in [0.3, 0.4) is 0 Å². The van der Waals surface area contributed by atoms with Gasteiger partial charge in [0.15, 0.2) is 0 Å². The van der Waals surface area contributed by atoms with Gasteiger partial charge in [-0.1, -0.05) is 39.8 Å². The van der Waals surface area contributed by atoms with Crippen LogP contribution in [-0.4, -0.2) is 84.3 Å².